The highest BCUT2D eigenvalue weighted by Gasteiger charge is 2.46. The molecule has 0 atom stereocenters. The van der Waals surface area contributed by atoms with E-state index in [1.165, 1.54) is 22.2 Å². The summed E-state index contributed by atoms with van der Waals surface area (Å²) in [5.74, 6) is 0.279. The highest BCUT2D eigenvalue weighted by Crippen LogP contribution is 2.51. The first-order valence-corrected chi connectivity index (χ1v) is 8.40. The fourth-order valence-corrected chi connectivity index (χ4v) is 4.32. The number of phenols is 1. The number of imidazole rings is 1. The molecule has 120 valence electrons. The number of fused-ring (bicyclic) bond motifs is 3. The molecular formula is C21H20N2O. The molecule has 0 spiro atoms. The lowest BCUT2D eigenvalue weighted by Crippen LogP contribution is -2.44. The number of aromatic nitrogens is 2. The summed E-state index contributed by atoms with van der Waals surface area (Å²) < 4.78 is 2.30. The van der Waals surface area contributed by atoms with E-state index in [9.17, 15) is 5.11 Å². The number of hydrogen-bond acceptors (Lipinski definition) is 2. The van der Waals surface area contributed by atoms with E-state index in [1.54, 1.807) is 6.07 Å². The summed E-state index contributed by atoms with van der Waals surface area (Å²) in [7, 11) is 0. The van der Waals surface area contributed by atoms with Crippen LogP contribution >= 0.6 is 0 Å². The van der Waals surface area contributed by atoms with Crippen LogP contribution in [0.25, 0.3) is 27.3 Å². The molecule has 0 saturated heterocycles. The number of hydrogen-bond donors (Lipinski definition) is 1. The quantitative estimate of drug-likeness (QED) is 0.468. The van der Waals surface area contributed by atoms with Crippen molar-refractivity contribution in [2.75, 3.05) is 0 Å². The van der Waals surface area contributed by atoms with Crippen LogP contribution in [0.5, 0.6) is 5.75 Å². The maximum atomic E-state index is 9.99. The van der Waals surface area contributed by atoms with Gasteiger partial charge in [-0.3, -0.25) is 4.40 Å². The van der Waals surface area contributed by atoms with Crippen molar-refractivity contribution in [3.63, 3.8) is 0 Å². The van der Waals surface area contributed by atoms with Crippen molar-refractivity contribution in [3.05, 3.63) is 53.9 Å². The summed E-state index contributed by atoms with van der Waals surface area (Å²) in [5.41, 5.74) is 4.73. The van der Waals surface area contributed by atoms with Crippen molar-refractivity contribution < 1.29 is 5.11 Å². The maximum Gasteiger partial charge on any atom is 0.145 e. The average Bonchev–Trinajstić information content (AvgIpc) is 2.99. The number of benzene rings is 2. The van der Waals surface area contributed by atoms with Gasteiger partial charge in [0.2, 0.25) is 0 Å². The molecule has 4 aromatic rings. The summed E-state index contributed by atoms with van der Waals surface area (Å²) in [6.45, 7) is 9.24. The molecule has 3 nitrogen and oxygen atoms in total. The molecule has 0 unspecified atom stereocenters. The molecule has 2 aromatic carbocycles. The third-order valence-electron chi connectivity index (χ3n) is 6.43. The van der Waals surface area contributed by atoms with Gasteiger partial charge in [-0.2, -0.15) is 0 Å². The Balaban J connectivity index is 2.19. The second-order valence-electron chi connectivity index (χ2n) is 7.98. The van der Waals surface area contributed by atoms with E-state index < -0.39 is 0 Å². The molecule has 1 aliphatic rings. The van der Waals surface area contributed by atoms with Gasteiger partial charge in [0, 0.05) is 33.5 Å². The fourth-order valence-electron chi connectivity index (χ4n) is 4.32. The summed E-state index contributed by atoms with van der Waals surface area (Å²) in [4.78, 5) is 4.76. The molecule has 0 amide bonds. The third kappa shape index (κ3) is 1.33. The number of aromatic hydroxyl groups is 1. The van der Waals surface area contributed by atoms with Gasteiger partial charge in [0.1, 0.15) is 11.4 Å². The van der Waals surface area contributed by atoms with Crippen LogP contribution in [-0.4, -0.2) is 14.5 Å². The largest absolute Gasteiger partial charge is 0.508 e. The predicted octanol–water partition coefficient (Wildman–Crippen LogP) is 4.92. The van der Waals surface area contributed by atoms with Gasteiger partial charge in [-0.05, 0) is 29.1 Å². The van der Waals surface area contributed by atoms with Crippen LogP contribution in [0.15, 0.2) is 42.6 Å². The van der Waals surface area contributed by atoms with E-state index in [2.05, 4.69) is 50.3 Å². The molecule has 0 fully saturated rings. The van der Waals surface area contributed by atoms with Crippen LogP contribution < -0.4 is 0 Å². The molecule has 0 saturated carbocycles. The minimum absolute atomic E-state index is 0.0000687. The summed E-state index contributed by atoms with van der Waals surface area (Å²) in [6, 6.07) is 12.2. The van der Waals surface area contributed by atoms with Gasteiger partial charge < -0.3 is 5.11 Å². The van der Waals surface area contributed by atoms with Gasteiger partial charge in [-0.15, -0.1) is 0 Å². The van der Waals surface area contributed by atoms with Crippen LogP contribution in [-0.2, 0) is 10.8 Å². The van der Waals surface area contributed by atoms with E-state index in [0.717, 1.165) is 16.4 Å². The van der Waals surface area contributed by atoms with Gasteiger partial charge in [-0.25, -0.2) is 4.98 Å². The van der Waals surface area contributed by atoms with E-state index >= 15 is 0 Å². The Labute approximate surface area is 140 Å². The highest BCUT2D eigenvalue weighted by atomic mass is 16.3. The normalized spacial score (nSPS) is 18.0. The zero-order chi connectivity index (χ0) is 16.9. The van der Waals surface area contributed by atoms with Crippen LogP contribution in [0.1, 0.15) is 39.0 Å². The Morgan fingerprint density at radius 2 is 1.71 bits per heavy atom. The van der Waals surface area contributed by atoms with Crippen LogP contribution in [0.4, 0.5) is 0 Å². The van der Waals surface area contributed by atoms with E-state index in [1.807, 2.05) is 18.3 Å². The molecule has 0 radical (unpaired) electrons. The summed E-state index contributed by atoms with van der Waals surface area (Å²) >= 11 is 0. The van der Waals surface area contributed by atoms with Crippen LogP contribution in [0.3, 0.4) is 0 Å². The van der Waals surface area contributed by atoms with Crippen molar-refractivity contribution in [2.24, 2.45) is 0 Å². The minimum atomic E-state index is -0.0435. The van der Waals surface area contributed by atoms with Crippen LogP contribution in [0, 0.1) is 0 Å². The van der Waals surface area contributed by atoms with Crippen molar-refractivity contribution in [3.8, 4) is 5.75 Å². The first-order valence-electron chi connectivity index (χ1n) is 8.40. The molecule has 5 rings (SSSR count). The maximum absolute atomic E-state index is 9.99. The Kier molecular flexibility index (Phi) is 2.26. The summed E-state index contributed by atoms with van der Waals surface area (Å²) in [5, 5.41) is 13.4. The molecule has 24 heavy (non-hydrogen) atoms. The third-order valence-corrected chi connectivity index (χ3v) is 6.43. The second kappa shape index (κ2) is 3.92. The molecule has 1 N–H and O–H groups in total. The number of nitrogens with zero attached hydrogens (tertiary/aromatic N) is 2. The first kappa shape index (κ1) is 13.8. The van der Waals surface area contributed by atoms with Crippen molar-refractivity contribution in [2.45, 2.75) is 38.5 Å². The van der Waals surface area contributed by atoms with Gasteiger partial charge in [0.05, 0.1) is 5.52 Å². The Hall–Kier alpha value is -2.55. The fraction of sp³-hybridized carbons (Fsp3) is 0.286. The zero-order valence-corrected chi connectivity index (χ0v) is 14.4. The highest BCUT2D eigenvalue weighted by molar-refractivity contribution is 6.13. The second-order valence-corrected chi connectivity index (χ2v) is 7.98. The molecule has 1 aliphatic heterocycles. The van der Waals surface area contributed by atoms with Crippen molar-refractivity contribution in [1.29, 1.82) is 0 Å². The average molecular weight is 316 g/mol. The van der Waals surface area contributed by atoms with Gasteiger partial charge in [0.25, 0.3) is 0 Å². The summed E-state index contributed by atoms with van der Waals surface area (Å²) in [6.07, 6.45) is 2.01. The molecule has 3 heterocycles. The predicted molar refractivity (Wildman–Crippen MR) is 97.9 cm³/mol. The Bertz CT molecular complexity index is 1170. The van der Waals surface area contributed by atoms with Crippen molar-refractivity contribution >= 4 is 27.3 Å². The number of rotatable bonds is 0. The van der Waals surface area contributed by atoms with Crippen LogP contribution in [0.2, 0.25) is 0 Å². The van der Waals surface area contributed by atoms with E-state index in [0.29, 0.717) is 0 Å². The van der Waals surface area contributed by atoms with E-state index in [-0.39, 0.29) is 16.6 Å². The Morgan fingerprint density at radius 1 is 0.917 bits per heavy atom. The van der Waals surface area contributed by atoms with Gasteiger partial charge in [0.15, 0.2) is 0 Å². The van der Waals surface area contributed by atoms with E-state index in [4.69, 9.17) is 4.98 Å². The zero-order valence-electron chi connectivity index (χ0n) is 14.4. The number of pyridine rings is 1. The first-order chi connectivity index (χ1) is 11.3. The minimum Gasteiger partial charge on any atom is -0.508 e. The smallest absolute Gasteiger partial charge is 0.145 e. The standard InChI is InChI=1S/C21H20N2O/c1-20(2)16-7-5-6-14-13-9-8-12(24)10-15(13)19-22-11-17(21(20,3)4)23(19)18(14)16/h5-11,24H,1-4H3. The lowest BCUT2D eigenvalue weighted by Gasteiger charge is -2.45. The molecule has 2 aromatic heterocycles. The monoisotopic (exact) mass is 316 g/mol. The molecular weight excluding hydrogens is 296 g/mol. The molecule has 0 aliphatic carbocycles. The molecule has 0 bridgehead atoms. The van der Waals surface area contributed by atoms with Gasteiger partial charge in [-0.1, -0.05) is 45.9 Å². The lowest BCUT2D eigenvalue weighted by atomic mass is 9.61. The molecule has 3 heteroatoms. The Morgan fingerprint density at radius 3 is 2.50 bits per heavy atom. The van der Waals surface area contributed by atoms with Gasteiger partial charge >= 0.3 is 0 Å². The topological polar surface area (TPSA) is 37.5 Å². The van der Waals surface area contributed by atoms with Crippen molar-refractivity contribution in [1.82, 2.24) is 9.38 Å². The number of phenolic OH excluding ortho intramolecular Hbond substituents is 1. The number of para-hydroxylation sites is 1. The SMILES string of the molecule is CC1(C)c2cccc3c4ccc(O)cc4c4ncc(n4c23)C1(C)C. The lowest BCUT2D eigenvalue weighted by molar-refractivity contribution is 0.288.